The zero-order chi connectivity index (χ0) is 24.5. The van der Waals surface area contributed by atoms with Gasteiger partial charge >= 0.3 is 0 Å². The van der Waals surface area contributed by atoms with Crippen molar-refractivity contribution in [2.45, 2.75) is 52.0 Å². The summed E-state index contributed by atoms with van der Waals surface area (Å²) in [6.45, 7) is 6.63. The quantitative estimate of drug-likeness (QED) is 0.245. The van der Waals surface area contributed by atoms with E-state index in [9.17, 15) is 4.79 Å². The van der Waals surface area contributed by atoms with Crippen LogP contribution in [0.25, 0.3) is 11.0 Å². The van der Waals surface area contributed by atoms with Crippen molar-refractivity contribution >= 4 is 16.9 Å². The lowest BCUT2D eigenvalue weighted by atomic mass is 10.0. The molecule has 5 heteroatoms. The van der Waals surface area contributed by atoms with Crippen LogP contribution in [-0.4, -0.2) is 28.6 Å². The third kappa shape index (κ3) is 6.50. The number of unbranched alkanes of at least 4 members (excludes halogenated alkanes) is 1. The minimum absolute atomic E-state index is 0.0295. The van der Waals surface area contributed by atoms with Crippen LogP contribution in [0.15, 0.2) is 78.9 Å². The van der Waals surface area contributed by atoms with Crippen molar-refractivity contribution in [3.05, 3.63) is 95.8 Å². The monoisotopic (exact) mass is 469 g/mol. The van der Waals surface area contributed by atoms with Crippen molar-refractivity contribution in [3.63, 3.8) is 0 Å². The number of fused-ring (bicyclic) bond motifs is 1. The lowest BCUT2D eigenvalue weighted by molar-refractivity contribution is 0.0953. The molecule has 0 radical (unpaired) electrons. The number of ether oxygens (including phenoxy) is 1. The zero-order valence-electron chi connectivity index (χ0n) is 20.7. The highest BCUT2D eigenvalue weighted by Crippen LogP contribution is 2.26. The molecule has 0 saturated heterocycles. The van der Waals surface area contributed by atoms with Crippen LogP contribution in [0.2, 0.25) is 0 Å². The molecule has 182 valence electrons. The number of para-hydroxylation sites is 3. The number of rotatable bonds is 12. The van der Waals surface area contributed by atoms with E-state index in [4.69, 9.17) is 9.72 Å². The van der Waals surface area contributed by atoms with Gasteiger partial charge in [-0.05, 0) is 61.1 Å². The molecular weight excluding hydrogens is 434 g/mol. The summed E-state index contributed by atoms with van der Waals surface area (Å²) in [5, 5.41) is 3.02. The van der Waals surface area contributed by atoms with Gasteiger partial charge in [-0.25, -0.2) is 4.98 Å². The number of hydrogen-bond acceptors (Lipinski definition) is 3. The third-order valence-electron chi connectivity index (χ3n) is 6.21. The predicted molar refractivity (Wildman–Crippen MR) is 142 cm³/mol. The number of nitrogens with one attached hydrogen (secondary N) is 1. The Morgan fingerprint density at radius 1 is 0.914 bits per heavy atom. The number of amides is 1. The lowest BCUT2D eigenvalue weighted by Gasteiger charge is -2.14. The van der Waals surface area contributed by atoms with Crippen molar-refractivity contribution < 1.29 is 9.53 Å². The molecule has 0 fully saturated rings. The fourth-order valence-electron chi connectivity index (χ4n) is 4.35. The molecule has 1 amide bonds. The summed E-state index contributed by atoms with van der Waals surface area (Å²) in [6, 6.07) is 26.0. The fraction of sp³-hybridized carbons (Fsp3) is 0.333. The van der Waals surface area contributed by atoms with E-state index in [1.54, 1.807) is 0 Å². The molecule has 3 aromatic carbocycles. The number of carbonyl (C=O) groups excluding carboxylic acids is 1. The maximum absolute atomic E-state index is 12.3. The normalized spacial score (nSPS) is 11.2. The second-order valence-electron chi connectivity index (χ2n) is 9.14. The Morgan fingerprint density at radius 2 is 1.66 bits per heavy atom. The molecular formula is C30H35N3O2. The summed E-state index contributed by atoms with van der Waals surface area (Å²) in [4.78, 5) is 17.2. The van der Waals surface area contributed by atoms with Crippen molar-refractivity contribution in [1.82, 2.24) is 14.9 Å². The molecule has 5 nitrogen and oxygen atoms in total. The molecule has 0 atom stereocenters. The zero-order valence-corrected chi connectivity index (χ0v) is 20.7. The highest BCUT2D eigenvalue weighted by atomic mass is 16.5. The standard InChI is InChI=1S/C30H35N3O2/c1-23(2)25-15-6-9-18-28(25)35-22-11-10-21-33-27-17-8-7-16-26(27)32-29(33)19-12-20-31-30(34)24-13-4-3-5-14-24/h3-9,13-18,23H,10-12,19-22H2,1-2H3,(H,31,34). The van der Waals surface area contributed by atoms with Gasteiger partial charge in [0.2, 0.25) is 0 Å². The Balaban J connectivity index is 1.30. The largest absolute Gasteiger partial charge is 0.493 e. The number of nitrogens with zero attached hydrogens (tertiary/aromatic N) is 2. The molecule has 0 aliphatic heterocycles. The minimum atomic E-state index is -0.0295. The molecule has 1 N–H and O–H groups in total. The first-order valence-corrected chi connectivity index (χ1v) is 12.6. The van der Waals surface area contributed by atoms with Gasteiger partial charge in [-0.15, -0.1) is 0 Å². The van der Waals surface area contributed by atoms with E-state index in [-0.39, 0.29) is 5.91 Å². The molecule has 0 bridgehead atoms. The first-order chi connectivity index (χ1) is 17.1. The Morgan fingerprint density at radius 3 is 2.49 bits per heavy atom. The molecule has 4 aromatic rings. The van der Waals surface area contributed by atoms with Crippen LogP contribution >= 0.6 is 0 Å². The van der Waals surface area contributed by atoms with Crippen LogP contribution in [0.3, 0.4) is 0 Å². The summed E-state index contributed by atoms with van der Waals surface area (Å²) in [5.74, 6) is 2.49. The second-order valence-corrected chi connectivity index (χ2v) is 9.14. The average Bonchev–Trinajstić information content (AvgIpc) is 3.24. The third-order valence-corrected chi connectivity index (χ3v) is 6.21. The van der Waals surface area contributed by atoms with Crippen molar-refractivity contribution in [3.8, 4) is 5.75 Å². The molecule has 4 rings (SSSR count). The highest BCUT2D eigenvalue weighted by Gasteiger charge is 2.11. The molecule has 0 aliphatic rings. The first-order valence-electron chi connectivity index (χ1n) is 12.6. The summed E-state index contributed by atoms with van der Waals surface area (Å²) >= 11 is 0. The number of aryl methyl sites for hydroxylation is 2. The van der Waals surface area contributed by atoms with E-state index >= 15 is 0 Å². The van der Waals surface area contributed by atoms with Crippen LogP contribution in [0.4, 0.5) is 0 Å². The molecule has 0 spiro atoms. The van der Waals surface area contributed by atoms with Crippen LogP contribution < -0.4 is 10.1 Å². The summed E-state index contributed by atoms with van der Waals surface area (Å²) in [7, 11) is 0. The number of benzene rings is 3. The number of carbonyl (C=O) groups is 1. The van der Waals surface area contributed by atoms with Gasteiger partial charge in [0.05, 0.1) is 17.6 Å². The predicted octanol–water partition coefficient (Wildman–Crippen LogP) is 6.38. The van der Waals surface area contributed by atoms with Crippen LogP contribution in [0.1, 0.15) is 60.8 Å². The molecule has 0 saturated carbocycles. The molecule has 35 heavy (non-hydrogen) atoms. The van der Waals surface area contributed by atoms with Gasteiger partial charge in [0.15, 0.2) is 0 Å². The van der Waals surface area contributed by atoms with E-state index in [1.807, 2.05) is 42.5 Å². The van der Waals surface area contributed by atoms with Gasteiger partial charge in [0.1, 0.15) is 11.6 Å². The van der Waals surface area contributed by atoms with E-state index < -0.39 is 0 Å². The van der Waals surface area contributed by atoms with Crippen LogP contribution in [0.5, 0.6) is 5.75 Å². The smallest absolute Gasteiger partial charge is 0.251 e. The first kappa shape index (κ1) is 24.5. The lowest BCUT2D eigenvalue weighted by Crippen LogP contribution is -2.24. The maximum Gasteiger partial charge on any atom is 0.251 e. The van der Waals surface area contributed by atoms with Gasteiger partial charge in [-0.3, -0.25) is 4.79 Å². The summed E-state index contributed by atoms with van der Waals surface area (Å²) in [6.07, 6.45) is 3.66. The second kappa shape index (κ2) is 12.2. The Labute approximate surface area is 208 Å². The van der Waals surface area contributed by atoms with Crippen molar-refractivity contribution in [2.75, 3.05) is 13.2 Å². The highest BCUT2D eigenvalue weighted by molar-refractivity contribution is 5.94. The van der Waals surface area contributed by atoms with E-state index in [2.05, 4.69) is 60.1 Å². The number of aromatic nitrogens is 2. The number of imidazole rings is 1. The van der Waals surface area contributed by atoms with Crippen molar-refractivity contribution in [1.29, 1.82) is 0 Å². The average molecular weight is 470 g/mol. The van der Waals surface area contributed by atoms with Crippen LogP contribution in [-0.2, 0) is 13.0 Å². The minimum Gasteiger partial charge on any atom is -0.493 e. The molecule has 0 aliphatic carbocycles. The molecule has 0 unspecified atom stereocenters. The van der Waals surface area contributed by atoms with E-state index in [0.717, 1.165) is 49.3 Å². The van der Waals surface area contributed by atoms with Gasteiger partial charge in [-0.2, -0.15) is 0 Å². The molecule has 1 heterocycles. The van der Waals surface area contributed by atoms with E-state index in [0.29, 0.717) is 24.6 Å². The number of hydrogen-bond donors (Lipinski definition) is 1. The van der Waals surface area contributed by atoms with Gasteiger partial charge < -0.3 is 14.6 Å². The Kier molecular flexibility index (Phi) is 8.55. The van der Waals surface area contributed by atoms with Crippen LogP contribution in [0, 0.1) is 0 Å². The maximum atomic E-state index is 12.3. The topological polar surface area (TPSA) is 56.1 Å². The van der Waals surface area contributed by atoms with Gasteiger partial charge in [0.25, 0.3) is 5.91 Å². The van der Waals surface area contributed by atoms with Crippen molar-refractivity contribution in [2.24, 2.45) is 0 Å². The SMILES string of the molecule is CC(C)c1ccccc1OCCCCn1c(CCCNC(=O)c2ccccc2)nc2ccccc21. The van der Waals surface area contributed by atoms with Gasteiger partial charge in [-0.1, -0.05) is 62.4 Å². The summed E-state index contributed by atoms with van der Waals surface area (Å²) < 4.78 is 8.44. The Hall–Kier alpha value is -3.60. The fourth-order valence-corrected chi connectivity index (χ4v) is 4.35. The summed E-state index contributed by atoms with van der Waals surface area (Å²) in [5.41, 5.74) is 4.15. The molecule has 1 aromatic heterocycles. The Bertz CT molecular complexity index is 1230. The van der Waals surface area contributed by atoms with Gasteiger partial charge in [0, 0.05) is 25.1 Å². The van der Waals surface area contributed by atoms with E-state index in [1.165, 1.54) is 11.1 Å².